The molecule has 190 valence electrons. The summed E-state index contributed by atoms with van der Waals surface area (Å²) in [5.41, 5.74) is 2.84. The molecule has 0 atom stereocenters. The van der Waals surface area contributed by atoms with Gasteiger partial charge in [-0.05, 0) is 53.6 Å². The highest BCUT2D eigenvalue weighted by atomic mass is 32.2. The summed E-state index contributed by atoms with van der Waals surface area (Å²) >= 11 is 0. The van der Waals surface area contributed by atoms with Crippen LogP contribution >= 0.6 is 0 Å². The molecule has 37 heavy (non-hydrogen) atoms. The summed E-state index contributed by atoms with van der Waals surface area (Å²) in [5, 5.41) is 12.2. The Morgan fingerprint density at radius 3 is 2.16 bits per heavy atom. The fourth-order valence-corrected chi connectivity index (χ4v) is 4.70. The number of H-pyrrole nitrogens is 1. The molecule has 0 saturated heterocycles. The van der Waals surface area contributed by atoms with Crippen molar-refractivity contribution in [2.24, 2.45) is 0 Å². The normalized spacial score (nSPS) is 11.5. The van der Waals surface area contributed by atoms with E-state index >= 15 is 0 Å². The van der Waals surface area contributed by atoms with E-state index in [2.05, 4.69) is 10.3 Å². The van der Waals surface area contributed by atoms with E-state index in [1.165, 1.54) is 44.4 Å². The Bertz CT molecular complexity index is 1640. The standard InChI is InChI=1S/C27H25N3O6S/c1-30(2)37(35,36)22-10-5-18(6-11-22)15-29-26(32)20-9-12-24-23(14-20)25(31)21(16-28-24)13-17-3-7-19(8-4-17)27(33)34/h3-12,14,16H,13,15H2,1-2H3,(H,28,31)(H,29,32)(H,33,34). The van der Waals surface area contributed by atoms with Gasteiger partial charge >= 0.3 is 5.97 Å². The van der Waals surface area contributed by atoms with Crippen LogP contribution in [0.3, 0.4) is 0 Å². The molecule has 0 spiro atoms. The Balaban J connectivity index is 1.50. The third-order valence-corrected chi connectivity index (χ3v) is 7.80. The summed E-state index contributed by atoms with van der Waals surface area (Å²) in [6.45, 7) is 0.182. The van der Waals surface area contributed by atoms with Gasteiger partial charge in [-0.15, -0.1) is 0 Å². The van der Waals surface area contributed by atoms with E-state index < -0.39 is 16.0 Å². The molecule has 10 heteroatoms. The lowest BCUT2D eigenvalue weighted by Crippen LogP contribution is -2.24. The molecule has 0 saturated carbocycles. The molecule has 1 heterocycles. The third kappa shape index (κ3) is 5.60. The predicted molar refractivity (Wildman–Crippen MR) is 139 cm³/mol. The summed E-state index contributed by atoms with van der Waals surface area (Å²) in [6.07, 6.45) is 1.93. The summed E-state index contributed by atoms with van der Waals surface area (Å²) in [4.78, 5) is 40.2. The van der Waals surface area contributed by atoms with Crippen molar-refractivity contribution in [3.05, 3.63) is 111 Å². The first kappa shape index (κ1) is 25.8. The number of nitrogens with one attached hydrogen (secondary N) is 2. The molecule has 0 radical (unpaired) electrons. The van der Waals surface area contributed by atoms with E-state index in [1.807, 2.05) is 0 Å². The van der Waals surface area contributed by atoms with Gasteiger partial charge in [0.2, 0.25) is 10.0 Å². The first-order chi connectivity index (χ1) is 17.6. The number of carboxylic acid groups (broad SMARTS) is 1. The fourth-order valence-electron chi connectivity index (χ4n) is 3.79. The number of rotatable bonds is 8. The molecule has 4 aromatic rings. The molecule has 3 N–H and O–H groups in total. The Kier molecular flexibility index (Phi) is 7.23. The van der Waals surface area contributed by atoms with Crippen molar-refractivity contribution in [2.75, 3.05) is 14.1 Å². The molecular weight excluding hydrogens is 494 g/mol. The van der Waals surface area contributed by atoms with E-state index in [0.29, 0.717) is 28.5 Å². The van der Waals surface area contributed by atoms with Crippen molar-refractivity contribution >= 4 is 32.8 Å². The van der Waals surface area contributed by atoms with Gasteiger partial charge in [-0.3, -0.25) is 9.59 Å². The number of carbonyl (C=O) groups excluding carboxylic acids is 1. The molecule has 0 fully saturated rings. The van der Waals surface area contributed by atoms with Crippen molar-refractivity contribution in [1.29, 1.82) is 0 Å². The summed E-state index contributed by atoms with van der Waals surface area (Å²) in [6, 6.07) is 17.4. The predicted octanol–water partition coefficient (Wildman–Crippen LogP) is 3.00. The number of aromatic nitrogens is 1. The van der Waals surface area contributed by atoms with E-state index in [4.69, 9.17) is 5.11 Å². The molecule has 3 aromatic carbocycles. The maximum atomic E-state index is 13.1. The number of carboxylic acids is 1. The largest absolute Gasteiger partial charge is 0.478 e. The molecule has 0 aliphatic carbocycles. The average molecular weight is 520 g/mol. The monoisotopic (exact) mass is 519 g/mol. The SMILES string of the molecule is CN(C)S(=O)(=O)c1ccc(CNC(=O)c2ccc3[nH]cc(Cc4ccc(C(=O)O)cc4)c(=O)c3c2)cc1. The number of pyridine rings is 1. The second-order valence-electron chi connectivity index (χ2n) is 8.70. The minimum absolute atomic E-state index is 0.162. The molecule has 9 nitrogen and oxygen atoms in total. The van der Waals surface area contributed by atoms with Crippen LogP contribution < -0.4 is 10.7 Å². The van der Waals surface area contributed by atoms with Gasteiger partial charge in [-0.25, -0.2) is 17.5 Å². The second kappa shape index (κ2) is 10.4. The lowest BCUT2D eigenvalue weighted by atomic mass is 10.0. The van der Waals surface area contributed by atoms with Crippen LogP contribution in [0.5, 0.6) is 0 Å². The van der Waals surface area contributed by atoms with Gasteiger partial charge in [0, 0.05) is 55.3 Å². The summed E-state index contributed by atoms with van der Waals surface area (Å²) < 4.78 is 25.5. The van der Waals surface area contributed by atoms with Crippen LogP contribution in [0.4, 0.5) is 0 Å². The van der Waals surface area contributed by atoms with Gasteiger partial charge in [0.05, 0.1) is 10.5 Å². The molecular formula is C27H25N3O6S. The van der Waals surface area contributed by atoms with Crippen molar-refractivity contribution in [1.82, 2.24) is 14.6 Å². The first-order valence-electron chi connectivity index (χ1n) is 11.3. The zero-order valence-electron chi connectivity index (χ0n) is 20.2. The van der Waals surface area contributed by atoms with Crippen LogP contribution in [0.15, 0.2) is 82.6 Å². The van der Waals surface area contributed by atoms with Crippen molar-refractivity contribution in [3.63, 3.8) is 0 Å². The molecule has 0 unspecified atom stereocenters. The van der Waals surface area contributed by atoms with Crippen LogP contribution in [0, 0.1) is 0 Å². The minimum atomic E-state index is -3.53. The van der Waals surface area contributed by atoms with Crippen LogP contribution in [0.1, 0.15) is 37.4 Å². The van der Waals surface area contributed by atoms with E-state index in [-0.39, 0.29) is 28.3 Å². The third-order valence-electron chi connectivity index (χ3n) is 5.97. The van der Waals surface area contributed by atoms with E-state index in [1.54, 1.807) is 42.6 Å². The molecule has 4 rings (SSSR count). The van der Waals surface area contributed by atoms with Gasteiger partial charge in [0.15, 0.2) is 5.43 Å². The number of hydrogen-bond donors (Lipinski definition) is 3. The van der Waals surface area contributed by atoms with Crippen molar-refractivity contribution < 1.29 is 23.1 Å². The maximum absolute atomic E-state index is 13.1. The Labute approximate surface area is 213 Å². The fraction of sp³-hybridized carbons (Fsp3) is 0.148. The molecule has 0 aliphatic heterocycles. The van der Waals surface area contributed by atoms with Gasteiger partial charge in [-0.2, -0.15) is 0 Å². The van der Waals surface area contributed by atoms with Gasteiger partial charge in [0.25, 0.3) is 5.91 Å². The van der Waals surface area contributed by atoms with Gasteiger partial charge in [0.1, 0.15) is 0 Å². The molecule has 1 amide bonds. The number of sulfonamides is 1. The smallest absolute Gasteiger partial charge is 0.335 e. The molecule has 0 aliphatic rings. The quantitative estimate of drug-likeness (QED) is 0.327. The zero-order chi connectivity index (χ0) is 26.7. The highest BCUT2D eigenvalue weighted by Gasteiger charge is 2.17. The number of amides is 1. The number of nitrogens with zero attached hydrogens (tertiary/aromatic N) is 1. The summed E-state index contributed by atoms with van der Waals surface area (Å²) in [5.74, 6) is -1.39. The van der Waals surface area contributed by atoms with Crippen LogP contribution in [0.25, 0.3) is 10.9 Å². The van der Waals surface area contributed by atoms with Gasteiger partial charge < -0.3 is 15.4 Å². The number of hydrogen-bond acceptors (Lipinski definition) is 5. The highest BCUT2D eigenvalue weighted by molar-refractivity contribution is 7.89. The zero-order valence-corrected chi connectivity index (χ0v) is 21.0. The van der Waals surface area contributed by atoms with E-state index in [0.717, 1.165) is 15.4 Å². The Morgan fingerprint density at radius 2 is 1.54 bits per heavy atom. The van der Waals surface area contributed by atoms with E-state index in [9.17, 15) is 22.8 Å². The van der Waals surface area contributed by atoms with Gasteiger partial charge in [-0.1, -0.05) is 24.3 Å². The van der Waals surface area contributed by atoms with Crippen LogP contribution in [0.2, 0.25) is 0 Å². The number of carbonyl (C=O) groups is 2. The summed E-state index contributed by atoms with van der Waals surface area (Å²) in [7, 11) is -0.616. The minimum Gasteiger partial charge on any atom is -0.478 e. The molecule has 1 aromatic heterocycles. The number of aromatic carboxylic acids is 1. The Morgan fingerprint density at radius 1 is 0.919 bits per heavy atom. The van der Waals surface area contributed by atoms with Crippen LogP contribution in [-0.4, -0.2) is 48.8 Å². The lowest BCUT2D eigenvalue weighted by molar-refractivity contribution is 0.0696. The van der Waals surface area contributed by atoms with Crippen molar-refractivity contribution in [2.45, 2.75) is 17.9 Å². The number of fused-ring (bicyclic) bond motifs is 1. The average Bonchev–Trinajstić information content (AvgIpc) is 2.89. The first-order valence-corrected chi connectivity index (χ1v) is 12.8. The number of aromatic amines is 1. The second-order valence-corrected chi connectivity index (χ2v) is 10.8. The Hall–Kier alpha value is -4.28. The van der Waals surface area contributed by atoms with Crippen LogP contribution in [-0.2, 0) is 23.0 Å². The molecule has 0 bridgehead atoms. The van der Waals surface area contributed by atoms with Crippen molar-refractivity contribution in [3.8, 4) is 0 Å². The maximum Gasteiger partial charge on any atom is 0.335 e. The lowest BCUT2D eigenvalue weighted by Gasteiger charge is -2.12. The highest BCUT2D eigenvalue weighted by Crippen LogP contribution is 2.16. The number of benzene rings is 3. The topological polar surface area (TPSA) is 137 Å².